The van der Waals surface area contributed by atoms with Crippen molar-refractivity contribution in [1.82, 2.24) is 24.5 Å². The van der Waals surface area contributed by atoms with E-state index in [1.807, 2.05) is 4.90 Å². The maximum atomic E-state index is 13.5. The highest BCUT2D eigenvalue weighted by Gasteiger charge is 2.46. The van der Waals surface area contributed by atoms with E-state index in [2.05, 4.69) is 15.1 Å². The zero-order valence-corrected chi connectivity index (χ0v) is 22.0. The summed E-state index contributed by atoms with van der Waals surface area (Å²) in [5.41, 5.74) is 0.790. The van der Waals surface area contributed by atoms with Gasteiger partial charge in [0.15, 0.2) is 0 Å². The second-order valence-electron chi connectivity index (χ2n) is 7.92. The molecule has 2 fully saturated rings. The van der Waals surface area contributed by atoms with Crippen molar-refractivity contribution >= 4 is 63.8 Å². The van der Waals surface area contributed by atoms with Crippen molar-refractivity contribution in [3.63, 3.8) is 0 Å². The topological polar surface area (TPSA) is 72.6 Å². The first-order valence-corrected chi connectivity index (χ1v) is 10.5. The smallest absolute Gasteiger partial charge is 0.280 e. The van der Waals surface area contributed by atoms with Gasteiger partial charge in [-0.25, -0.2) is 18.3 Å². The number of alkyl halides is 2. The highest BCUT2D eigenvalue weighted by atomic mass is 35.5. The van der Waals surface area contributed by atoms with Gasteiger partial charge in [0.1, 0.15) is 17.8 Å². The number of methoxy groups -OCH3 is 1. The first kappa shape index (κ1) is 28.5. The molecule has 2 aliphatic rings. The first-order valence-electron chi connectivity index (χ1n) is 10.1. The predicted octanol–water partition coefficient (Wildman–Crippen LogP) is 4.61. The van der Waals surface area contributed by atoms with Crippen molar-refractivity contribution in [2.24, 2.45) is 0 Å². The fourth-order valence-corrected chi connectivity index (χ4v) is 5.18. The molecule has 4 heterocycles. The zero-order chi connectivity index (χ0) is 21.7. The highest BCUT2D eigenvalue weighted by molar-refractivity contribution is 7.59. The number of amides is 1. The molecular formula is C21H26ClF2N5O2S3. The van der Waals surface area contributed by atoms with Gasteiger partial charge < -0.3 is 9.64 Å². The summed E-state index contributed by atoms with van der Waals surface area (Å²) in [7, 11) is 1.50. The number of benzene rings is 1. The lowest BCUT2D eigenvalue weighted by Gasteiger charge is -2.40. The normalized spacial score (nSPS) is 21.0. The first-order chi connectivity index (χ1) is 15.0. The third kappa shape index (κ3) is 4.82. The van der Waals surface area contributed by atoms with Crippen LogP contribution in [0.5, 0.6) is 5.75 Å². The van der Waals surface area contributed by atoms with E-state index in [4.69, 9.17) is 16.3 Å². The molecule has 2 bridgehead atoms. The number of carbonyl (C=O) groups is 1. The summed E-state index contributed by atoms with van der Waals surface area (Å²) >= 11 is 6.11. The van der Waals surface area contributed by atoms with Crippen LogP contribution in [0.15, 0.2) is 30.6 Å². The van der Waals surface area contributed by atoms with Crippen molar-refractivity contribution in [3.05, 3.63) is 52.6 Å². The van der Waals surface area contributed by atoms with Crippen molar-refractivity contribution in [3.8, 4) is 5.75 Å². The van der Waals surface area contributed by atoms with Crippen LogP contribution < -0.4 is 4.74 Å². The van der Waals surface area contributed by atoms with Gasteiger partial charge in [0, 0.05) is 23.6 Å². The third-order valence-corrected chi connectivity index (χ3v) is 6.67. The van der Waals surface area contributed by atoms with Gasteiger partial charge in [0.2, 0.25) is 0 Å². The Hall–Kier alpha value is -1.76. The molecule has 1 aromatic carbocycles. The van der Waals surface area contributed by atoms with Crippen LogP contribution >= 0.6 is 52.1 Å². The van der Waals surface area contributed by atoms with Gasteiger partial charge in [-0.05, 0) is 49.9 Å². The standard InChI is InChI=1S/C21H20ClF2N5O2.3H2S/c1-31-18-8-11(2-6-14(18)22)20(30)28-12-3-5-13(16(28)7-4-12)17-9-15(19(23)24)27-21-25-10-26-29(17)21;;;/h2,6,8-10,12-13,16,19H,3-5,7H2,1H3;3*1H2/t12-,13-,16-;;;/m0.../s1. The second kappa shape index (κ2) is 11.3. The van der Waals surface area contributed by atoms with Crippen LogP contribution in [-0.4, -0.2) is 49.6 Å². The summed E-state index contributed by atoms with van der Waals surface area (Å²) in [5, 5.41) is 4.63. The Kier molecular flexibility index (Phi) is 9.48. The largest absolute Gasteiger partial charge is 0.495 e. The Morgan fingerprint density at radius 3 is 2.59 bits per heavy atom. The van der Waals surface area contributed by atoms with Gasteiger partial charge in [-0.15, -0.1) is 0 Å². The Morgan fingerprint density at radius 1 is 1.15 bits per heavy atom. The molecule has 0 radical (unpaired) electrons. The number of fused-ring (bicyclic) bond motifs is 3. The average molecular weight is 550 g/mol. The summed E-state index contributed by atoms with van der Waals surface area (Å²) in [6.07, 6.45) is 1.86. The molecule has 1 amide bonds. The van der Waals surface area contributed by atoms with Gasteiger partial charge in [-0.1, -0.05) is 11.6 Å². The Morgan fingerprint density at radius 2 is 1.88 bits per heavy atom. The van der Waals surface area contributed by atoms with E-state index in [1.165, 1.54) is 24.0 Å². The molecule has 0 saturated carbocycles. The number of hydrogen-bond acceptors (Lipinski definition) is 5. The summed E-state index contributed by atoms with van der Waals surface area (Å²) in [6, 6.07) is 6.39. The monoisotopic (exact) mass is 549 g/mol. The quantitative estimate of drug-likeness (QED) is 0.475. The van der Waals surface area contributed by atoms with Gasteiger partial charge in [-0.3, -0.25) is 4.79 Å². The van der Waals surface area contributed by atoms with Gasteiger partial charge in [0.05, 0.1) is 17.8 Å². The number of nitrogens with zero attached hydrogens (tertiary/aromatic N) is 5. The number of hydrogen-bond donors (Lipinski definition) is 0. The molecule has 7 nitrogen and oxygen atoms in total. The van der Waals surface area contributed by atoms with Crippen LogP contribution in [-0.2, 0) is 0 Å². The molecule has 2 aromatic heterocycles. The fraction of sp³-hybridized carbons (Fsp3) is 0.429. The molecule has 0 N–H and O–H groups in total. The van der Waals surface area contributed by atoms with Crippen LogP contribution in [0.2, 0.25) is 5.02 Å². The molecule has 2 saturated heterocycles. The Balaban J connectivity index is 0.00000136. The summed E-state index contributed by atoms with van der Waals surface area (Å²) in [4.78, 5) is 23.3. The molecule has 186 valence electrons. The van der Waals surface area contributed by atoms with Gasteiger partial charge >= 0.3 is 0 Å². The van der Waals surface area contributed by atoms with E-state index in [-0.39, 0.29) is 75.9 Å². The Bertz CT molecular complexity index is 1170. The van der Waals surface area contributed by atoms with Crippen LogP contribution in [0, 0.1) is 0 Å². The van der Waals surface area contributed by atoms with Crippen LogP contribution in [0.1, 0.15) is 59.8 Å². The second-order valence-corrected chi connectivity index (χ2v) is 8.33. The van der Waals surface area contributed by atoms with E-state index in [9.17, 15) is 13.6 Å². The minimum atomic E-state index is -2.71. The molecule has 3 atom stereocenters. The lowest BCUT2D eigenvalue weighted by molar-refractivity contribution is 0.0553. The SMILES string of the molecule is COc1cc(C(=O)N2[C@H]3CC[C@H](c4cc(C(F)F)nc5ncnn45)[C@@H]2CC3)ccc1Cl.S.S.S. The van der Waals surface area contributed by atoms with Crippen molar-refractivity contribution in [1.29, 1.82) is 0 Å². The number of ether oxygens (including phenoxy) is 1. The van der Waals surface area contributed by atoms with Crippen LogP contribution in [0.25, 0.3) is 5.78 Å². The summed E-state index contributed by atoms with van der Waals surface area (Å²) in [6.45, 7) is 0. The van der Waals surface area contributed by atoms with E-state index in [1.54, 1.807) is 18.2 Å². The molecular weight excluding hydrogens is 524 g/mol. The van der Waals surface area contributed by atoms with E-state index < -0.39 is 6.43 Å². The summed E-state index contributed by atoms with van der Waals surface area (Å²) in [5.74, 6) is 0.341. The number of carbonyl (C=O) groups excluding carboxylic acids is 1. The van der Waals surface area contributed by atoms with Crippen molar-refractivity contribution in [2.75, 3.05) is 7.11 Å². The lowest BCUT2D eigenvalue weighted by atomic mass is 9.86. The number of piperidine rings is 1. The molecule has 0 spiro atoms. The molecule has 0 aliphatic carbocycles. The predicted molar refractivity (Wildman–Crippen MR) is 140 cm³/mol. The van der Waals surface area contributed by atoms with Crippen molar-refractivity contribution in [2.45, 2.75) is 50.1 Å². The Labute approximate surface area is 221 Å². The molecule has 13 heteroatoms. The van der Waals surface area contributed by atoms with E-state index in [0.29, 0.717) is 22.0 Å². The fourth-order valence-electron chi connectivity index (χ4n) is 4.99. The number of aromatic nitrogens is 4. The maximum Gasteiger partial charge on any atom is 0.280 e. The highest BCUT2D eigenvalue weighted by Crippen LogP contribution is 2.45. The minimum absolute atomic E-state index is 0. The molecule has 3 aromatic rings. The number of rotatable bonds is 4. The maximum absolute atomic E-state index is 13.5. The lowest BCUT2D eigenvalue weighted by Crippen LogP contribution is -2.47. The third-order valence-electron chi connectivity index (χ3n) is 6.36. The van der Waals surface area contributed by atoms with Gasteiger partial charge in [0.25, 0.3) is 18.1 Å². The van der Waals surface area contributed by atoms with Crippen LogP contribution in [0.4, 0.5) is 8.78 Å². The summed E-state index contributed by atoms with van der Waals surface area (Å²) < 4.78 is 33.7. The zero-order valence-electron chi connectivity index (χ0n) is 18.2. The average Bonchev–Trinajstić information content (AvgIpc) is 3.36. The van der Waals surface area contributed by atoms with Gasteiger partial charge in [-0.2, -0.15) is 50.6 Å². The molecule has 5 rings (SSSR count). The number of halogens is 3. The molecule has 34 heavy (non-hydrogen) atoms. The molecule has 0 unspecified atom stereocenters. The van der Waals surface area contributed by atoms with E-state index >= 15 is 0 Å². The van der Waals surface area contributed by atoms with E-state index in [0.717, 1.165) is 25.7 Å². The molecule has 2 aliphatic heterocycles. The van der Waals surface area contributed by atoms with Crippen molar-refractivity contribution < 1.29 is 18.3 Å². The minimum Gasteiger partial charge on any atom is -0.495 e. The van der Waals surface area contributed by atoms with Crippen LogP contribution in [0.3, 0.4) is 0 Å².